The van der Waals surface area contributed by atoms with Crippen LogP contribution in [-0.2, 0) is 16.6 Å². The Morgan fingerprint density at radius 2 is 1.73 bits per heavy atom. The van der Waals surface area contributed by atoms with Gasteiger partial charge in [-0.05, 0) is 49.7 Å². The molecule has 1 aromatic heterocycles. The predicted molar refractivity (Wildman–Crippen MR) is 94.4 cm³/mol. The highest BCUT2D eigenvalue weighted by atomic mass is 32.2. The zero-order valence-electron chi connectivity index (χ0n) is 14.2. The molecule has 0 unspecified atom stereocenters. The Morgan fingerprint density at radius 3 is 2.31 bits per heavy atom. The van der Waals surface area contributed by atoms with Crippen LogP contribution in [0.4, 0.5) is 14.5 Å². The van der Waals surface area contributed by atoms with Crippen molar-refractivity contribution in [2.75, 3.05) is 4.72 Å². The molecule has 0 atom stereocenters. The molecule has 0 aliphatic heterocycles. The van der Waals surface area contributed by atoms with E-state index in [4.69, 9.17) is 0 Å². The lowest BCUT2D eigenvalue weighted by molar-refractivity contribution is 0.551. The number of aryl methyl sites for hydroxylation is 2. The van der Waals surface area contributed by atoms with Crippen LogP contribution < -0.4 is 4.72 Å². The summed E-state index contributed by atoms with van der Waals surface area (Å²) in [5.74, 6) is -1.98. The lowest BCUT2D eigenvalue weighted by Crippen LogP contribution is -2.14. The third-order valence-corrected chi connectivity index (χ3v) is 5.24. The van der Waals surface area contributed by atoms with Crippen molar-refractivity contribution in [3.8, 4) is 0 Å². The number of rotatable bonds is 5. The van der Waals surface area contributed by atoms with Crippen molar-refractivity contribution >= 4 is 15.7 Å². The van der Waals surface area contributed by atoms with Gasteiger partial charge >= 0.3 is 0 Å². The van der Waals surface area contributed by atoms with Gasteiger partial charge in [-0.2, -0.15) is 5.10 Å². The number of nitrogens with zero attached hydrogens (tertiary/aromatic N) is 2. The molecule has 2 aromatic carbocycles. The lowest BCUT2D eigenvalue weighted by Gasteiger charge is -2.10. The molecule has 0 saturated carbocycles. The van der Waals surface area contributed by atoms with E-state index >= 15 is 0 Å². The largest absolute Gasteiger partial charge is 0.280 e. The SMILES string of the molecule is Cc1cc(C)n(Cc2ccc(NS(=O)(=O)c3ccc(F)cc3F)cc2)n1. The Hall–Kier alpha value is -2.74. The molecule has 1 N–H and O–H groups in total. The number of nitrogens with one attached hydrogen (secondary N) is 1. The second kappa shape index (κ2) is 6.87. The molecule has 0 bridgehead atoms. The van der Waals surface area contributed by atoms with Gasteiger partial charge in [-0.3, -0.25) is 9.40 Å². The van der Waals surface area contributed by atoms with Crippen LogP contribution in [0.1, 0.15) is 17.0 Å². The molecular formula is C18H17F2N3O2S. The first-order valence-electron chi connectivity index (χ1n) is 7.82. The zero-order chi connectivity index (χ0) is 18.9. The maximum Gasteiger partial charge on any atom is 0.264 e. The van der Waals surface area contributed by atoms with Crippen molar-refractivity contribution in [3.05, 3.63) is 77.1 Å². The van der Waals surface area contributed by atoms with Crippen LogP contribution in [0.5, 0.6) is 0 Å². The molecule has 0 spiro atoms. The van der Waals surface area contributed by atoms with E-state index in [0.29, 0.717) is 12.6 Å². The first-order chi connectivity index (χ1) is 12.2. The van der Waals surface area contributed by atoms with Crippen LogP contribution in [0.3, 0.4) is 0 Å². The normalized spacial score (nSPS) is 11.5. The minimum absolute atomic E-state index is 0.283. The fraction of sp³-hybridized carbons (Fsp3) is 0.167. The van der Waals surface area contributed by atoms with E-state index in [1.165, 1.54) is 0 Å². The summed E-state index contributed by atoms with van der Waals surface area (Å²) in [5, 5.41) is 4.38. The zero-order valence-corrected chi connectivity index (χ0v) is 15.0. The van der Waals surface area contributed by atoms with E-state index in [0.717, 1.165) is 29.1 Å². The van der Waals surface area contributed by atoms with E-state index in [1.54, 1.807) is 24.3 Å². The van der Waals surface area contributed by atoms with Gasteiger partial charge in [0.1, 0.15) is 16.5 Å². The molecule has 0 aliphatic rings. The van der Waals surface area contributed by atoms with Crippen molar-refractivity contribution in [2.45, 2.75) is 25.3 Å². The minimum atomic E-state index is -4.15. The van der Waals surface area contributed by atoms with Crippen LogP contribution in [0.2, 0.25) is 0 Å². The highest BCUT2D eigenvalue weighted by Crippen LogP contribution is 2.20. The molecular weight excluding hydrogens is 360 g/mol. The highest BCUT2D eigenvalue weighted by Gasteiger charge is 2.19. The quantitative estimate of drug-likeness (QED) is 0.739. The lowest BCUT2D eigenvalue weighted by atomic mass is 10.2. The predicted octanol–water partition coefficient (Wildman–Crippen LogP) is 3.63. The van der Waals surface area contributed by atoms with E-state index in [-0.39, 0.29) is 5.69 Å². The third-order valence-electron chi connectivity index (χ3n) is 3.83. The summed E-state index contributed by atoms with van der Waals surface area (Å²) >= 11 is 0. The maximum atomic E-state index is 13.7. The molecule has 136 valence electrons. The van der Waals surface area contributed by atoms with E-state index in [9.17, 15) is 17.2 Å². The minimum Gasteiger partial charge on any atom is -0.280 e. The van der Waals surface area contributed by atoms with Gasteiger partial charge < -0.3 is 0 Å². The van der Waals surface area contributed by atoms with Crippen molar-refractivity contribution in [2.24, 2.45) is 0 Å². The van der Waals surface area contributed by atoms with Crippen molar-refractivity contribution in [1.82, 2.24) is 9.78 Å². The van der Waals surface area contributed by atoms with E-state index in [2.05, 4.69) is 9.82 Å². The molecule has 26 heavy (non-hydrogen) atoms. The van der Waals surface area contributed by atoms with Gasteiger partial charge in [-0.25, -0.2) is 17.2 Å². The van der Waals surface area contributed by atoms with Crippen molar-refractivity contribution in [3.63, 3.8) is 0 Å². The van der Waals surface area contributed by atoms with Gasteiger partial charge in [0.15, 0.2) is 0 Å². The fourth-order valence-electron chi connectivity index (χ4n) is 2.59. The summed E-state index contributed by atoms with van der Waals surface area (Å²) < 4.78 is 55.4. The molecule has 1 heterocycles. The summed E-state index contributed by atoms with van der Waals surface area (Å²) in [5.41, 5.74) is 3.17. The average molecular weight is 377 g/mol. The average Bonchev–Trinajstić information content (AvgIpc) is 2.86. The van der Waals surface area contributed by atoms with E-state index < -0.39 is 26.6 Å². The summed E-state index contributed by atoms with van der Waals surface area (Å²) in [7, 11) is -4.15. The number of anilines is 1. The van der Waals surface area contributed by atoms with E-state index in [1.807, 2.05) is 24.6 Å². The second-order valence-corrected chi connectivity index (χ2v) is 7.61. The molecule has 0 fully saturated rings. The summed E-state index contributed by atoms with van der Waals surface area (Å²) in [6, 6.07) is 11.0. The molecule has 0 amide bonds. The van der Waals surface area contributed by atoms with Crippen LogP contribution in [-0.4, -0.2) is 18.2 Å². The molecule has 0 saturated heterocycles. The first kappa shape index (κ1) is 18.1. The van der Waals surface area contributed by atoms with Crippen LogP contribution in [0, 0.1) is 25.5 Å². The molecule has 5 nitrogen and oxygen atoms in total. The van der Waals surface area contributed by atoms with Crippen LogP contribution in [0.15, 0.2) is 53.4 Å². The molecule has 8 heteroatoms. The summed E-state index contributed by atoms with van der Waals surface area (Å²) in [6.45, 7) is 4.43. The number of sulfonamides is 1. The maximum absolute atomic E-state index is 13.7. The number of benzene rings is 2. The molecule has 3 aromatic rings. The third kappa shape index (κ3) is 3.91. The van der Waals surface area contributed by atoms with Crippen LogP contribution in [0.25, 0.3) is 0 Å². The second-order valence-electron chi connectivity index (χ2n) is 5.96. The standard InChI is InChI=1S/C18H17F2N3O2S/c1-12-9-13(2)23(21-12)11-14-3-6-16(7-4-14)22-26(24,25)18-8-5-15(19)10-17(18)20/h3-10,22H,11H2,1-2H3. The van der Waals surface area contributed by atoms with Gasteiger partial charge in [0.25, 0.3) is 10.0 Å². The molecule has 3 rings (SSSR count). The first-order valence-corrected chi connectivity index (χ1v) is 9.31. The van der Waals surface area contributed by atoms with Crippen molar-refractivity contribution in [1.29, 1.82) is 0 Å². The summed E-state index contributed by atoms with van der Waals surface area (Å²) in [6.07, 6.45) is 0. The van der Waals surface area contributed by atoms with Gasteiger partial charge in [-0.1, -0.05) is 12.1 Å². The summed E-state index contributed by atoms with van der Waals surface area (Å²) in [4.78, 5) is -0.606. The number of hydrogen-bond donors (Lipinski definition) is 1. The van der Waals surface area contributed by atoms with Gasteiger partial charge in [-0.15, -0.1) is 0 Å². The topological polar surface area (TPSA) is 64.0 Å². The smallest absolute Gasteiger partial charge is 0.264 e. The Balaban J connectivity index is 1.77. The number of aromatic nitrogens is 2. The van der Waals surface area contributed by atoms with Gasteiger partial charge in [0, 0.05) is 17.4 Å². The number of hydrogen-bond acceptors (Lipinski definition) is 3. The Morgan fingerprint density at radius 1 is 1.04 bits per heavy atom. The molecule has 0 aliphatic carbocycles. The van der Waals surface area contributed by atoms with Gasteiger partial charge in [0.2, 0.25) is 0 Å². The Labute approximate surface area is 150 Å². The van der Waals surface area contributed by atoms with Crippen LogP contribution >= 0.6 is 0 Å². The molecule has 0 radical (unpaired) electrons. The Kier molecular flexibility index (Phi) is 4.78. The van der Waals surface area contributed by atoms with Gasteiger partial charge in [0.05, 0.1) is 12.2 Å². The highest BCUT2D eigenvalue weighted by molar-refractivity contribution is 7.92. The van der Waals surface area contributed by atoms with Crippen molar-refractivity contribution < 1.29 is 17.2 Å². The fourth-order valence-corrected chi connectivity index (χ4v) is 3.71. The Bertz CT molecular complexity index is 1040. The monoisotopic (exact) mass is 377 g/mol. The number of halogens is 2.